The summed E-state index contributed by atoms with van der Waals surface area (Å²) in [5.74, 6) is -0.0522. The molecule has 0 bridgehead atoms. The SMILES string of the molecule is Cc1cc2nc3c(=O)n(N(C)C)c(=O)nc-3n(CC(O)C(O)C(O)CO)c2cc1C. The quantitative estimate of drug-likeness (QED) is 0.330. The Morgan fingerprint density at radius 2 is 1.67 bits per heavy atom. The Bertz CT molecular complexity index is 1170. The van der Waals surface area contributed by atoms with E-state index in [1.54, 1.807) is 12.1 Å². The van der Waals surface area contributed by atoms with Crippen molar-refractivity contribution >= 4 is 11.0 Å². The molecule has 2 heterocycles. The van der Waals surface area contributed by atoms with Crippen molar-refractivity contribution < 1.29 is 20.4 Å². The van der Waals surface area contributed by atoms with E-state index in [0.717, 1.165) is 15.8 Å². The predicted octanol–water partition coefficient (Wildman–Crippen LogP) is -2.05. The van der Waals surface area contributed by atoms with Gasteiger partial charge in [0.15, 0.2) is 11.5 Å². The van der Waals surface area contributed by atoms with Crippen LogP contribution in [0.15, 0.2) is 21.7 Å². The van der Waals surface area contributed by atoms with E-state index in [1.165, 1.54) is 23.7 Å². The van der Waals surface area contributed by atoms with Crippen LogP contribution < -0.4 is 16.3 Å². The van der Waals surface area contributed by atoms with Gasteiger partial charge in [-0.3, -0.25) is 4.79 Å². The Hall–Kier alpha value is -2.86. The molecule has 0 saturated heterocycles. The van der Waals surface area contributed by atoms with Crippen LogP contribution in [0, 0.1) is 13.8 Å². The monoisotopic (exact) mass is 419 g/mol. The molecule has 0 aromatic heterocycles. The van der Waals surface area contributed by atoms with Gasteiger partial charge >= 0.3 is 11.2 Å². The molecule has 4 N–H and O–H groups in total. The topological polar surface area (TPSA) is 154 Å². The third kappa shape index (κ3) is 3.67. The van der Waals surface area contributed by atoms with Crippen molar-refractivity contribution in [3.8, 4) is 11.5 Å². The first-order valence-corrected chi connectivity index (χ1v) is 9.34. The molecule has 2 aliphatic rings. The molecule has 11 heteroatoms. The van der Waals surface area contributed by atoms with Gasteiger partial charge in [0.05, 0.1) is 24.2 Å². The highest BCUT2D eigenvalue weighted by molar-refractivity contribution is 5.81. The molecule has 0 spiro atoms. The van der Waals surface area contributed by atoms with Crippen molar-refractivity contribution in [2.45, 2.75) is 38.7 Å². The summed E-state index contributed by atoms with van der Waals surface area (Å²) < 4.78 is 2.26. The minimum absolute atomic E-state index is 0.0522. The second-order valence-electron chi connectivity index (χ2n) is 7.49. The van der Waals surface area contributed by atoms with E-state index in [1.807, 2.05) is 13.8 Å². The van der Waals surface area contributed by atoms with E-state index in [0.29, 0.717) is 11.0 Å². The van der Waals surface area contributed by atoms with Gasteiger partial charge in [0.25, 0.3) is 0 Å². The minimum Gasteiger partial charge on any atom is -0.394 e. The zero-order valence-electron chi connectivity index (χ0n) is 17.1. The Kier molecular flexibility index (Phi) is 5.90. The third-order valence-corrected chi connectivity index (χ3v) is 5.10. The number of rotatable bonds is 6. The maximum atomic E-state index is 12.9. The van der Waals surface area contributed by atoms with Crippen molar-refractivity contribution in [2.75, 3.05) is 25.7 Å². The molecule has 3 unspecified atom stereocenters. The van der Waals surface area contributed by atoms with Crippen molar-refractivity contribution in [3.05, 3.63) is 44.1 Å². The number of aliphatic hydroxyl groups excluding tert-OH is 4. The fourth-order valence-electron chi connectivity index (χ4n) is 3.28. The zero-order chi connectivity index (χ0) is 22.3. The average molecular weight is 419 g/mol. The van der Waals surface area contributed by atoms with E-state index in [2.05, 4.69) is 9.97 Å². The normalized spacial score (nSPS) is 14.8. The molecule has 3 atom stereocenters. The largest absolute Gasteiger partial charge is 0.394 e. The van der Waals surface area contributed by atoms with Gasteiger partial charge in [-0.1, -0.05) is 0 Å². The summed E-state index contributed by atoms with van der Waals surface area (Å²) >= 11 is 0. The van der Waals surface area contributed by atoms with Gasteiger partial charge in [-0.2, -0.15) is 9.66 Å². The fraction of sp³-hybridized carbons (Fsp3) is 0.474. The second-order valence-corrected chi connectivity index (χ2v) is 7.49. The minimum atomic E-state index is -1.65. The molecule has 162 valence electrons. The number of nitrogens with zero attached hydrogens (tertiary/aromatic N) is 5. The van der Waals surface area contributed by atoms with Gasteiger partial charge < -0.3 is 30.0 Å². The second kappa shape index (κ2) is 8.11. The Morgan fingerprint density at radius 3 is 2.27 bits per heavy atom. The summed E-state index contributed by atoms with van der Waals surface area (Å²) in [7, 11) is 3.05. The molecule has 0 radical (unpaired) electrons. The van der Waals surface area contributed by atoms with E-state index in [-0.39, 0.29) is 18.1 Å². The molecule has 0 amide bonds. The van der Waals surface area contributed by atoms with Gasteiger partial charge in [0.2, 0.25) is 0 Å². The van der Waals surface area contributed by atoms with Crippen LogP contribution in [0.5, 0.6) is 0 Å². The van der Waals surface area contributed by atoms with Crippen LogP contribution in [0.25, 0.3) is 22.6 Å². The van der Waals surface area contributed by atoms with Crippen LogP contribution >= 0.6 is 0 Å². The first kappa shape index (κ1) is 21.8. The molecule has 2 aliphatic heterocycles. The van der Waals surface area contributed by atoms with Crippen LogP contribution in [0.2, 0.25) is 0 Å². The number of hydrogen-bond donors (Lipinski definition) is 4. The van der Waals surface area contributed by atoms with Crippen LogP contribution in [0.3, 0.4) is 0 Å². The summed E-state index contributed by atoms with van der Waals surface area (Å²) in [4.78, 5) is 33.8. The summed E-state index contributed by atoms with van der Waals surface area (Å²) in [5, 5.41) is 40.5. The van der Waals surface area contributed by atoms with E-state index in [4.69, 9.17) is 5.11 Å². The molecule has 1 aromatic carbocycles. The fourth-order valence-corrected chi connectivity index (χ4v) is 3.28. The Morgan fingerprint density at radius 1 is 1.03 bits per heavy atom. The number of aryl methyl sites for hydroxylation is 2. The summed E-state index contributed by atoms with van der Waals surface area (Å²) in [5.41, 5.74) is 1.20. The highest BCUT2D eigenvalue weighted by Crippen LogP contribution is 2.24. The van der Waals surface area contributed by atoms with E-state index >= 15 is 0 Å². The average Bonchev–Trinajstić information content (AvgIpc) is 2.68. The lowest BCUT2D eigenvalue weighted by atomic mass is 10.1. The van der Waals surface area contributed by atoms with Crippen LogP contribution in [0.4, 0.5) is 0 Å². The summed E-state index contributed by atoms with van der Waals surface area (Å²) in [6.07, 6.45) is -4.72. The molecule has 11 nitrogen and oxygen atoms in total. The van der Waals surface area contributed by atoms with Crippen molar-refractivity contribution in [1.82, 2.24) is 19.2 Å². The number of aliphatic hydroxyl groups is 4. The van der Waals surface area contributed by atoms with Gasteiger partial charge in [-0.25, -0.2) is 9.78 Å². The van der Waals surface area contributed by atoms with E-state index < -0.39 is 36.2 Å². The van der Waals surface area contributed by atoms with Gasteiger partial charge in [-0.05, 0) is 37.1 Å². The number of benzene rings is 1. The highest BCUT2D eigenvalue weighted by Gasteiger charge is 2.28. The standard InChI is InChI=1S/C19H25N5O6/c1-9-5-11-12(6-10(9)2)23(7-13(26)16(28)14(27)8-25)17-15(20-11)18(29)24(22(3)4)19(30)21-17/h5-6,13-14,16,25-28H,7-8H2,1-4H3. The molecule has 1 aromatic rings. The van der Waals surface area contributed by atoms with Crippen molar-refractivity contribution in [1.29, 1.82) is 0 Å². The number of aromatic nitrogens is 4. The highest BCUT2D eigenvalue weighted by atomic mass is 16.4. The molecular weight excluding hydrogens is 394 g/mol. The first-order chi connectivity index (χ1) is 14.1. The molecule has 0 saturated carbocycles. The lowest BCUT2D eigenvalue weighted by Gasteiger charge is -2.25. The number of fused-ring (bicyclic) bond motifs is 2. The third-order valence-electron chi connectivity index (χ3n) is 5.10. The van der Waals surface area contributed by atoms with Gasteiger partial charge in [0.1, 0.15) is 18.3 Å². The lowest BCUT2D eigenvalue weighted by Crippen LogP contribution is -2.48. The van der Waals surface area contributed by atoms with Crippen molar-refractivity contribution in [3.63, 3.8) is 0 Å². The van der Waals surface area contributed by atoms with Crippen molar-refractivity contribution in [2.24, 2.45) is 0 Å². The summed E-state index contributed by atoms with van der Waals surface area (Å²) in [6, 6.07) is 3.55. The van der Waals surface area contributed by atoms with Crippen LogP contribution in [-0.2, 0) is 6.54 Å². The Labute approximate surface area is 171 Å². The molecule has 0 aliphatic carbocycles. The van der Waals surface area contributed by atoms with E-state index in [9.17, 15) is 24.9 Å². The molecular formula is C19H25N5O6. The number of hydrogen-bond acceptors (Lipinski definition) is 9. The predicted molar refractivity (Wildman–Crippen MR) is 109 cm³/mol. The summed E-state index contributed by atoms with van der Waals surface area (Å²) in [6.45, 7) is 2.72. The zero-order valence-corrected chi connectivity index (χ0v) is 17.1. The first-order valence-electron chi connectivity index (χ1n) is 9.34. The molecule has 3 rings (SSSR count). The molecule has 0 fully saturated rings. The lowest BCUT2D eigenvalue weighted by molar-refractivity contribution is -0.0802. The maximum absolute atomic E-state index is 12.9. The smallest absolute Gasteiger partial charge is 0.371 e. The maximum Gasteiger partial charge on any atom is 0.371 e. The van der Waals surface area contributed by atoms with Gasteiger partial charge in [-0.15, -0.1) is 0 Å². The van der Waals surface area contributed by atoms with Crippen LogP contribution in [0.1, 0.15) is 11.1 Å². The van der Waals surface area contributed by atoms with Gasteiger partial charge in [0, 0.05) is 14.1 Å². The molecule has 30 heavy (non-hydrogen) atoms. The van der Waals surface area contributed by atoms with Crippen LogP contribution in [-0.4, -0.2) is 78.7 Å². The Balaban J connectivity index is 2.35.